The van der Waals surface area contributed by atoms with Crippen LogP contribution in [0.3, 0.4) is 0 Å². The zero-order chi connectivity index (χ0) is 20.3. The molecule has 0 radical (unpaired) electrons. The highest BCUT2D eigenvalue weighted by atomic mass is 32.1. The first-order valence-electron chi connectivity index (χ1n) is 9.10. The third-order valence-electron chi connectivity index (χ3n) is 4.61. The number of amides is 1. The number of benzene rings is 2. The number of aryl methyl sites for hydroxylation is 1. The van der Waals surface area contributed by atoms with Gasteiger partial charge in [0.25, 0.3) is 5.91 Å². The molecule has 0 aliphatic carbocycles. The van der Waals surface area contributed by atoms with Crippen molar-refractivity contribution in [3.8, 4) is 11.3 Å². The van der Waals surface area contributed by atoms with Gasteiger partial charge in [-0.15, -0.1) is 11.3 Å². The molecule has 0 atom stereocenters. The van der Waals surface area contributed by atoms with E-state index in [2.05, 4.69) is 15.3 Å². The molecule has 2 aromatic heterocycles. The van der Waals surface area contributed by atoms with E-state index in [1.807, 2.05) is 30.5 Å². The van der Waals surface area contributed by atoms with Gasteiger partial charge in [-0.1, -0.05) is 60.7 Å². The summed E-state index contributed by atoms with van der Waals surface area (Å²) in [6.45, 7) is 1.96. The Balaban J connectivity index is 1.66. The summed E-state index contributed by atoms with van der Waals surface area (Å²) in [5.41, 5.74) is 1.78. The number of aliphatic hydroxyl groups is 1. The zero-order valence-electron chi connectivity index (χ0n) is 15.7. The number of aromatic nitrogens is 2. The number of thiazole rings is 1. The van der Waals surface area contributed by atoms with E-state index in [0.717, 1.165) is 16.8 Å². The Labute approximate surface area is 172 Å². The van der Waals surface area contributed by atoms with Gasteiger partial charge in [-0.25, -0.2) is 4.98 Å². The lowest BCUT2D eigenvalue weighted by atomic mass is 9.85. The molecule has 4 rings (SSSR count). The van der Waals surface area contributed by atoms with Crippen molar-refractivity contribution in [1.82, 2.24) is 9.97 Å². The normalized spacial score (nSPS) is 11.2. The zero-order valence-corrected chi connectivity index (χ0v) is 16.6. The number of pyridine rings is 1. The minimum Gasteiger partial charge on any atom is -0.372 e. The SMILES string of the molecule is Cc1cncc(-c2csc(NC(=O)C(O)(c3ccccc3)c3ccccc3)n2)c1. The van der Waals surface area contributed by atoms with E-state index in [9.17, 15) is 9.90 Å². The lowest BCUT2D eigenvalue weighted by Gasteiger charge is -2.27. The number of hydrogen-bond acceptors (Lipinski definition) is 5. The van der Waals surface area contributed by atoms with Crippen LogP contribution in [0.5, 0.6) is 0 Å². The fraction of sp³-hybridized carbons (Fsp3) is 0.0870. The molecule has 29 heavy (non-hydrogen) atoms. The average molecular weight is 401 g/mol. The smallest absolute Gasteiger partial charge is 0.267 e. The van der Waals surface area contributed by atoms with Crippen molar-refractivity contribution < 1.29 is 9.90 Å². The lowest BCUT2D eigenvalue weighted by molar-refractivity contribution is -0.131. The molecule has 4 aromatic rings. The second-order valence-electron chi connectivity index (χ2n) is 6.69. The van der Waals surface area contributed by atoms with E-state index in [1.165, 1.54) is 11.3 Å². The molecule has 2 aromatic carbocycles. The lowest BCUT2D eigenvalue weighted by Crippen LogP contribution is -2.41. The molecule has 0 saturated carbocycles. The molecule has 0 aliphatic rings. The monoisotopic (exact) mass is 401 g/mol. The van der Waals surface area contributed by atoms with E-state index >= 15 is 0 Å². The highest BCUT2D eigenvalue weighted by molar-refractivity contribution is 7.14. The molecule has 0 spiro atoms. The van der Waals surface area contributed by atoms with Crippen LogP contribution in [0.25, 0.3) is 11.3 Å². The Morgan fingerprint density at radius 2 is 1.62 bits per heavy atom. The fourth-order valence-corrected chi connectivity index (χ4v) is 3.85. The van der Waals surface area contributed by atoms with Gasteiger partial charge >= 0.3 is 0 Å². The van der Waals surface area contributed by atoms with Gasteiger partial charge in [-0.05, 0) is 29.7 Å². The van der Waals surface area contributed by atoms with Crippen LogP contribution in [0.1, 0.15) is 16.7 Å². The van der Waals surface area contributed by atoms with E-state index < -0.39 is 11.5 Å². The molecule has 0 fully saturated rings. The van der Waals surface area contributed by atoms with Gasteiger partial charge in [0.05, 0.1) is 5.69 Å². The van der Waals surface area contributed by atoms with Crippen LogP contribution in [0.2, 0.25) is 0 Å². The van der Waals surface area contributed by atoms with Gasteiger partial charge in [-0.2, -0.15) is 0 Å². The maximum atomic E-state index is 13.2. The van der Waals surface area contributed by atoms with Crippen molar-refractivity contribution in [3.05, 3.63) is 101 Å². The number of hydrogen-bond donors (Lipinski definition) is 2. The summed E-state index contributed by atoms with van der Waals surface area (Å²) < 4.78 is 0. The number of rotatable bonds is 5. The Morgan fingerprint density at radius 3 is 2.21 bits per heavy atom. The minimum absolute atomic E-state index is 0.414. The Bertz CT molecular complexity index is 1090. The molecule has 144 valence electrons. The largest absolute Gasteiger partial charge is 0.372 e. The maximum absolute atomic E-state index is 13.2. The van der Waals surface area contributed by atoms with Crippen LogP contribution in [0.4, 0.5) is 5.13 Å². The predicted molar refractivity (Wildman–Crippen MR) is 115 cm³/mol. The van der Waals surface area contributed by atoms with E-state index in [1.54, 1.807) is 60.9 Å². The molecule has 5 nitrogen and oxygen atoms in total. The number of nitrogens with zero attached hydrogens (tertiary/aromatic N) is 2. The first-order chi connectivity index (χ1) is 14.1. The van der Waals surface area contributed by atoms with Crippen molar-refractivity contribution in [3.63, 3.8) is 0 Å². The Hall–Kier alpha value is -3.35. The third-order valence-corrected chi connectivity index (χ3v) is 5.36. The van der Waals surface area contributed by atoms with E-state index in [0.29, 0.717) is 16.3 Å². The van der Waals surface area contributed by atoms with Crippen molar-refractivity contribution in [1.29, 1.82) is 0 Å². The van der Waals surface area contributed by atoms with Gasteiger partial charge < -0.3 is 5.11 Å². The minimum atomic E-state index is -1.83. The van der Waals surface area contributed by atoms with Crippen molar-refractivity contribution in [2.75, 3.05) is 5.32 Å². The van der Waals surface area contributed by atoms with Crippen LogP contribution in [-0.4, -0.2) is 21.0 Å². The highest BCUT2D eigenvalue weighted by Gasteiger charge is 2.40. The van der Waals surface area contributed by atoms with Gasteiger partial charge in [-0.3, -0.25) is 15.1 Å². The molecule has 0 saturated heterocycles. The molecule has 2 N–H and O–H groups in total. The van der Waals surface area contributed by atoms with Gasteiger partial charge in [0.2, 0.25) is 0 Å². The van der Waals surface area contributed by atoms with Gasteiger partial charge in [0, 0.05) is 23.3 Å². The number of carbonyl (C=O) groups is 1. The number of carbonyl (C=O) groups excluding carboxylic acids is 1. The first kappa shape index (κ1) is 19.0. The molecule has 6 heteroatoms. The van der Waals surface area contributed by atoms with Crippen molar-refractivity contribution >= 4 is 22.4 Å². The van der Waals surface area contributed by atoms with Gasteiger partial charge in [0.15, 0.2) is 10.7 Å². The van der Waals surface area contributed by atoms with Crippen LogP contribution in [-0.2, 0) is 10.4 Å². The van der Waals surface area contributed by atoms with Crippen LogP contribution in [0, 0.1) is 6.92 Å². The van der Waals surface area contributed by atoms with E-state index in [-0.39, 0.29) is 0 Å². The molecule has 0 unspecified atom stereocenters. The second kappa shape index (κ2) is 7.95. The Kier molecular flexibility index (Phi) is 5.20. The molecule has 2 heterocycles. The highest BCUT2D eigenvalue weighted by Crippen LogP contribution is 2.32. The summed E-state index contributed by atoms with van der Waals surface area (Å²) in [5.74, 6) is -0.557. The molecular formula is C23H19N3O2S. The topological polar surface area (TPSA) is 75.1 Å². The summed E-state index contributed by atoms with van der Waals surface area (Å²) in [7, 11) is 0. The number of nitrogens with one attached hydrogen (secondary N) is 1. The van der Waals surface area contributed by atoms with Crippen LogP contribution in [0.15, 0.2) is 84.5 Å². The second-order valence-corrected chi connectivity index (χ2v) is 7.54. The molecule has 0 bridgehead atoms. The molecular weight excluding hydrogens is 382 g/mol. The molecule has 1 amide bonds. The summed E-state index contributed by atoms with van der Waals surface area (Å²) in [5, 5.41) is 16.6. The predicted octanol–water partition coefficient (Wildman–Crippen LogP) is 4.39. The summed E-state index contributed by atoms with van der Waals surface area (Å²) >= 11 is 1.30. The average Bonchev–Trinajstić information content (AvgIpc) is 3.23. The fourth-order valence-electron chi connectivity index (χ4n) is 3.13. The first-order valence-corrected chi connectivity index (χ1v) is 9.98. The van der Waals surface area contributed by atoms with E-state index in [4.69, 9.17) is 0 Å². The maximum Gasteiger partial charge on any atom is 0.267 e. The third kappa shape index (κ3) is 3.81. The number of anilines is 1. The van der Waals surface area contributed by atoms with Crippen molar-refractivity contribution in [2.24, 2.45) is 0 Å². The van der Waals surface area contributed by atoms with Gasteiger partial charge in [0.1, 0.15) is 0 Å². The summed E-state index contributed by atoms with van der Waals surface area (Å²) in [6, 6.07) is 19.8. The molecule has 0 aliphatic heterocycles. The van der Waals surface area contributed by atoms with Crippen LogP contribution >= 0.6 is 11.3 Å². The summed E-state index contributed by atoms with van der Waals surface area (Å²) in [6.07, 6.45) is 3.51. The van der Waals surface area contributed by atoms with Crippen LogP contribution < -0.4 is 5.32 Å². The summed E-state index contributed by atoms with van der Waals surface area (Å²) in [4.78, 5) is 21.9. The Morgan fingerprint density at radius 1 is 1.00 bits per heavy atom. The quantitative estimate of drug-likeness (QED) is 0.520. The van der Waals surface area contributed by atoms with Crippen molar-refractivity contribution in [2.45, 2.75) is 12.5 Å². The standard InChI is InChI=1S/C23H19N3O2S/c1-16-12-17(14-24-13-16)20-15-29-22(25-20)26-21(27)23(28,18-8-4-2-5-9-18)19-10-6-3-7-11-19/h2-15,28H,1H3,(H,25,26,27).